The Morgan fingerprint density at radius 1 is 0.706 bits per heavy atom. The van der Waals surface area contributed by atoms with Gasteiger partial charge in [-0.25, -0.2) is 0 Å². The molecule has 0 fully saturated rings. The molecule has 5 aromatic carbocycles. The Balaban J connectivity index is 0.000000199. The number of aryl methyl sites for hydroxylation is 2. The van der Waals surface area contributed by atoms with E-state index in [0.717, 1.165) is 49.9 Å². The summed E-state index contributed by atoms with van der Waals surface area (Å²) in [5.41, 5.74) is 8.55. The topological polar surface area (TPSA) is 38.9 Å². The Morgan fingerprint density at radius 3 is 2.29 bits per heavy atom. The Kier molecular flexibility index (Phi) is 8.04. The number of hydrogen-bond donors (Lipinski definition) is 0. The van der Waals surface area contributed by atoms with Crippen molar-refractivity contribution in [3.8, 4) is 44.8 Å². The number of nitrogens with zero attached hydrogens (tertiary/aromatic N) is 2. The van der Waals surface area contributed by atoms with Crippen LogP contribution in [0, 0.1) is 31.3 Å². The van der Waals surface area contributed by atoms with E-state index in [2.05, 4.69) is 28.2 Å². The van der Waals surface area contributed by atoms with Crippen molar-refractivity contribution < 1.29 is 35.5 Å². The fourth-order valence-electron chi connectivity index (χ4n) is 5.88. The second-order valence-corrected chi connectivity index (χ2v) is 13.0. The van der Waals surface area contributed by atoms with E-state index in [9.17, 15) is 0 Å². The SMILES string of the molecule is [2H]C([2H])([2H])c1ccc(-c2[c-]ccc(-c3ccccc3C([2H])([2H])[2H])c2)nc1.[2H]C([2H])(c1ccc(-c2ccnc(-c3[c-]ccc4c3oc3ccccc34)c2)cc1)C(C)(C)C.[Ir]. The summed E-state index contributed by atoms with van der Waals surface area (Å²) in [5, 5.41) is 2.13. The third-order valence-corrected chi connectivity index (χ3v) is 8.17. The van der Waals surface area contributed by atoms with Crippen LogP contribution in [0.25, 0.3) is 66.7 Å². The molecule has 0 atom stereocenters. The molecule has 4 heteroatoms. The third-order valence-electron chi connectivity index (χ3n) is 8.17. The summed E-state index contributed by atoms with van der Waals surface area (Å²) in [6, 6.07) is 45.4. The first kappa shape index (κ1) is 26.6. The molecular weight excluding hydrogens is 801 g/mol. The maximum atomic E-state index is 8.51. The van der Waals surface area contributed by atoms with Crippen LogP contribution in [-0.4, -0.2) is 9.97 Å². The van der Waals surface area contributed by atoms with Gasteiger partial charge >= 0.3 is 0 Å². The zero-order chi connectivity index (χ0) is 41.5. The first-order chi connectivity index (χ1) is 27.4. The van der Waals surface area contributed by atoms with E-state index in [4.69, 9.17) is 15.4 Å². The first-order valence-corrected chi connectivity index (χ1v) is 16.4. The predicted octanol–water partition coefficient (Wildman–Crippen LogP) is 12.5. The van der Waals surface area contributed by atoms with E-state index in [-0.39, 0.29) is 31.2 Å². The molecule has 0 amide bonds. The van der Waals surface area contributed by atoms with Gasteiger partial charge in [0.25, 0.3) is 0 Å². The second kappa shape index (κ2) is 15.4. The van der Waals surface area contributed by atoms with Gasteiger partial charge in [-0.15, -0.1) is 53.6 Å². The molecule has 3 heterocycles. The summed E-state index contributed by atoms with van der Waals surface area (Å²) in [6.07, 6.45) is 1.71. The minimum absolute atomic E-state index is 0. The summed E-state index contributed by atoms with van der Waals surface area (Å²) in [5.74, 6) is 0. The van der Waals surface area contributed by atoms with Crippen molar-refractivity contribution in [2.45, 2.75) is 40.8 Å². The minimum atomic E-state index is -2.21. The van der Waals surface area contributed by atoms with Crippen LogP contribution in [0.4, 0.5) is 0 Å². The van der Waals surface area contributed by atoms with Gasteiger partial charge in [-0.3, -0.25) is 0 Å². The number of aromatic nitrogens is 2. The van der Waals surface area contributed by atoms with Crippen LogP contribution in [0.5, 0.6) is 0 Å². The van der Waals surface area contributed by atoms with Crippen LogP contribution in [0.3, 0.4) is 0 Å². The Labute approximate surface area is 326 Å². The van der Waals surface area contributed by atoms with E-state index < -0.39 is 25.5 Å². The van der Waals surface area contributed by atoms with Gasteiger partial charge in [-0.05, 0) is 82.4 Å². The fourth-order valence-corrected chi connectivity index (χ4v) is 5.88. The van der Waals surface area contributed by atoms with E-state index in [1.807, 2.05) is 93.6 Å². The quantitative estimate of drug-likeness (QED) is 0.162. The van der Waals surface area contributed by atoms with Crippen molar-refractivity contribution in [1.82, 2.24) is 9.97 Å². The summed E-state index contributed by atoms with van der Waals surface area (Å²) in [6.45, 7) is 1.35. The van der Waals surface area contributed by atoms with Crippen molar-refractivity contribution in [3.05, 3.63) is 169 Å². The third kappa shape index (κ3) is 8.26. The molecule has 8 rings (SSSR count). The second-order valence-electron chi connectivity index (χ2n) is 13.0. The average Bonchev–Trinajstić information content (AvgIpc) is 3.59. The minimum Gasteiger partial charge on any atom is -0.501 e. The van der Waals surface area contributed by atoms with Crippen LogP contribution < -0.4 is 0 Å². The molecule has 0 aliphatic rings. The molecular formula is C47H40IrN2O-2. The molecule has 0 unspecified atom stereocenters. The summed E-state index contributed by atoms with van der Waals surface area (Å²) in [7, 11) is 0. The number of rotatable bonds is 5. The van der Waals surface area contributed by atoms with Crippen LogP contribution in [0.2, 0.25) is 0 Å². The molecule has 3 nitrogen and oxygen atoms in total. The van der Waals surface area contributed by atoms with Crippen molar-refractivity contribution in [2.24, 2.45) is 5.41 Å². The molecule has 0 aliphatic heterocycles. The van der Waals surface area contributed by atoms with Gasteiger partial charge in [-0.2, -0.15) is 0 Å². The molecule has 0 N–H and O–H groups in total. The molecule has 8 aromatic rings. The summed E-state index contributed by atoms with van der Waals surface area (Å²) < 4.78 is 68.6. The van der Waals surface area contributed by atoms with Crippen molar-refractivity contribution >= 4 is 21.9 Å². The van der Waals surface area contributed by atoms with Crippen LogP contribution in [0.15, 0.2) is 144 Å². The smallest absolute Gasteiger partial charge is 0.120 e. The first-order valence-electron chi connectivity index (χ1n) is 20.4. The molecule has 3 aromatic heterocycles. The Morgan fingerprint density at radius 2 is 1.51 bits per heavy atom. The number of fused-ring (bicyclic) bond motifs is 3. The number of hydrogen-bond acceptors (Lipinski definition) is 3. The molecule has 51 heavy (non-hydrogen) atoms. The molecule has 255 valence electrons. The maximum absolute atomic E-state index is 8.51. The Bertz CT molecular complexity index is 2720. The number of para-hydroxylation sites is 1. The molecule has 0 aliphatic carbocycles. The summed E-state index contributed by atoms with van der Waals surface area (Å²) in [4.78, 5) is 8.81. The molecule has 0 saturated carbocycles. The standard InChI is InChI=1S/C28H24NO.C19H16N.Ir/c1-28(2,3)18-19-11-13-20(14-12-19)21-15-16-29-25(17-21)24-9-6-8-23-22-7-4-5-10-26(22)30-27(23)24;1-14-10-11-19(20-13-14)17-8-5-7-16(12-17)18-9-4-3-6-15(18)2;/h4-8,10-17H,18H2,1-3H3;3-7,9-13H,1-2H3;/q2*-1;/i18D2;1D3,2D3;. The maximum Gasteiger partial charge on any atom is 0.120 e. The van der Waals surface area contributed by atoms with E-state index in [1.54, 1.807) is 48.7 Å². The van der Waals surface area contributed by atoms with Gasteiger partial charge in [0.05, 0.1) is 5.58 Å². The van der Waals surface area contributed by atoms with Crippen molar-refractivity contribution in [2.75, 3.05) is 0 Å². The van der Waals surface area contributed by atoms with Gasteiger partial charge in [-0.1, -0.05) is 117 Å². The largest absolute Gasteiger partial charge is 0.501 e. The van der Waals surface area contributed by atoms with E-state index >= 15 is 0 Å². The molecule has 1 radical (unpaired) electrons. The number of pyridine rings is 2. The number of benzene rings is 5. The zero-order valence-electron chi connectivity index (χ0n) is 36.4. The van der Waals surface area contributed by atoms with E-state index in [1.165, 1.54) is 12.3 Å². The van der Waals surface area contributed by atoms with Crippen LogP contribution in [0.1, 0.15) is 48.4 Å². The van der Waals surface area contributed by atoms with Crippen LogP contribution in [-0.2, 0) is 26.5 Å². The Hall–Kier alpha value is -5.15. The summed E-state index contributed by atoms with van der Waals surface area (Å²) >= 11 is 0. The molecule has 0 spiro atoms. The average molecular weight is 849 g/mol. The van der Waals surface area contributed by atoms with E-state index in [0.29, 0.717) is 22.4 Å². The molecule has 0 saturated heterocycles. The zero-order valence-corrected chi connectivity index (χ0v) is 30.8. The van der Waals surface area contributed by atoms with Gasteiger partial charge in [0.2, 0.25) is 0 Å². The van der Waals surface area contributed by atoms with Gasteiger partial charge in [0.1, 0.15) is 5.58 Å². The monoisotopic (exact) mass is 849 g/mol. The van der Waals surface area contributed by atoms with Gasteiger partial charge in [0.15, 0.2) is 0 Å². The molecule has 0 bridgehead atoms. The van der Waals surface area contributed by atoms with Crippen LogP contribution >= 0.6 is 0 Å². The van der Waals surface area contributed by atoms with Crippen molar-refractivity contribution in [3.63, 3.8) is 0 Å². The fraction of sp³-hybridized carbons (Fsp3) is 0.149. The van der Waals surface area contributed by atoms with Gasteiger partial charge in [0, 0.05) is 48.9 Å². The predicted molar refractivity (Wildman–Crippen MR) is 208 cm³/mol. The normalized spacial score (nSPS) is 14.3. The van der Waals surface area contributed by atoms with Gasteiger partial charge < -0.3 is 14.4 Å². The van der Waals surface area contributed by atoms with Crippen molar-refractivity contribution in [1.29, 1.82) is 0 Å². The number of furan rings is 1.